The highest BCUT2D eigenvalue weighted by molar-refractivity contribution is 5.67. The highest BCUT2D eigenvalue weighted by atomic mass is 16.6. The molecule has 4 heteroatoms. The quantitative estimate of drug-likeness (QED) is 0.738. The van der Waals surface area contributed by atoms with Gasteiger partial charge in [-0.05, 0) is 34.7 Å². The van der Waals surface area contributed by atoms with Crippen molar-refractivity contribution in [1.29, 1.82) is 0 Å². The van der Waals surface area contributed by atoms with Gasteiger partial charge in [0, 0.05) is 12.6 Å². The first-order chi connectivity index (χ1) is 7.26. The van der Waals surface area contributed by atoms with E-state index >= 15 is 0 Å². The first-order valence-electron chi connectivity index (χ1n) is 5.37. The minimum atomic E-state index is -0.460. The van der Waals surface area contributed by atoms with E-state index in [1.807, 2.05) is 39.6 Å². The van der Waals surface area contributed by atoms with Crippen LogP contribution in [0.2, 0.25) is 0 Å². The molecule has 0 heterocycles. The molecule has 1 amide bonds. The topological polar surface area (TPSA) is 41.6 Å². The van der Waals surface area contributed by atoms with Crippen LogP contribution in [0, 0.1) is 12.3 Å². The number of amides is 1. The lowest BCUT2D eigenvalue weighted by Crippen LogP contribution is -2.42. The van der Waals surface area contributed by atoms with Crippen molar-refractivity contribution in [3.8, 4) is 12.3 Å². The molecule has 0 bridgehead atoms. The Bertz CT molecular complexity index is 263. The zero-order valence-electron chi connectivity index (χ0n) is 10.8. The van der Waals surface area contributed by atoms with Crippen LogP contribution >= 0.6 is 0 Å². The van der Waals surface area contributed by atoms with Crippen LogP contribution in [-0.2, 0) is 4.74 Å². The van der Waals surface area contributed by atoms with Crippen molar-refractivity contribution in [3.63, 3.8) is 0 Å². The molecule has 0 aliphatic carbocycles. The minimum Gasteiger partial charge on any atom is -0.444 e. The van der Waals surface area contributed by atoms with E-state index in [-0.39, 0.29) is 6.04 Å². The zero-order valence-corrected chi connectivity index (χ0v) is 10.8. The van der Waals surface area contributed by atoms with Crippen LogP contribution in [0.3, 0.4) is 0 Å². The Balaban J connectivity index is 3.89. The lowest BCUT2D eigenvalue weighted by atomic mass is 10.2. The van der Waals surface area contributed by atoms with Gasteiger partial charge in [0.2, 0.25) is 0 Å². The van der Waals surface area contributed by atoms with Crippen molar-refractivity contribution >= 4 is 6.09 Å². The van der Waals surface area contributed by atoms with Gasteiger partial charge >= 0.3 is 6.09 Å². The molecular weight excluding hydrogens is 204 g/mol. The van der Waals surface area contributed by atoms with Crippen molar-refractivity contribution in [2.24, 2.45) is 0 Å². The monoisotopic (exact) mass is 226 g/mol. The van der Waals surface area contributed by atoms with Crippen LogP contribution in [0.5, 0.6) is 0 Å². The predicted octanol–water partition coefficient (Wildman–Crippen LogP) is 1.46. The number of likely N-dealkylation sites (N-methyl/N-ethyl adjacent to an activating group) is 1. The SMILES string of the molecule is C#CCN(C)[C@H](C)CNC(=O)OC(C)(C)C. The molecule has 0 aromatic carbocycles. The number of alkyl carbamates (subject to hydrolysis) is 1. The first-order valence-corrected chi connectivity index (χ1v) is 5.37. The molecule has 0 unspecified atom stereocenters. The normalized spacial score (nSPS) is 13.1. The van der Waals surface area contributed by atoms with E-state index in [9.17, 15) is 4.79 Å². The second kappa shape index (κ2) is 6.39. The highest BCUT2D eigenvalue weighted by Gasteiger charge is 2.17. The fraction of sp³-hybridized carbons (Fsp3) is 0.750. The number of rotatable bonds is 4. The molecular formula is C12H22N2O2. The Labute approximate surface area is 98.3 Å². The van der Waals surface area contributed by atoms with Crippen molar-refractivity contribution in [3.05, 3.63) is 0 Å². The van der Waals surface area contributed by atoms with Crippen molar-refractivity contribution in [2.75, 3.05) is 20.1 Å². The van der Waals surface area contributed by atoms with E-state index in [2.05, 4.69) is 11.2 Å². The van der Waals surface area contributed by atoms with Crippen molar-refractivity contribution in [2.45, 2.75) is 39.3 Å². The summed E-state index contributed by atoms with van der Waals surface area (Å²) in [6.45, 7) is 8.58. The minimum absolute atomic E-state index is 0.184. The summed E-state index contributed by atoms with van der Waals surface area (Å²) in [6, 6.07) is 0.184. The van der Waals surface area contributed by atoms with Gasteiger partial charge in [0.1, 0.15) is 5.60 Å². The fourth-order valence-corrected chi connectivity index (χ4v) is 1.00. The molecule has 0 aromatic rings. The average Bonchev–Trinajstić information content (AvgIpc) is 2.11. The molecule has 0 aliphatic rings. The van der Waals surface area contributed by atoms with Gasteiger partial charge in [-0.15, -0.1) is 6.42 Å². The molecule has 0 saturated heterocycles. The standard InChI is InChI=1S/C12H22N2O2/c1-7-8-14(6)10(2)9-13-11(15)16-12(3,4)5/h1,10H,8-9H2,2-6H3,(H,13,15)/t10-/m1/s1. The third kappa shape index (κ3) is 7.13. The van der Waals surface area contributed by atoms with Crippen LogP contribution in [0.25, 0.3) is 0 Å². The summed E-state index contributed by atoms with van der Waals surface area (Å²) in [6.07, 6.45) is 4.81. The van der Waals surface area contributed by atoms with Gasteiger partial charge in [0.25, 0.3) is 0 Å². The van der Waals surface area contributed by atoms with Crippen molar-refractivity contribution < 1.29 is 9.53 Å². The fourth-order valence-electron chi connectivity index (χ4n) is 1.00. The summed E-state index contributed by atoms with van der Waals surface area (Å²) < 4.78 is 5.12. The molecule has 92 valence electrons. The molecule has 4 nitrogen and oxygen atoms in total. The van der Waals surface area contributed by atoms with Crippen LogP contribution in [-0.4, -0.2) is 42.8 Å². The molecule has 1 N–H and O–H groups in total. The maximum atomic E-state index is 11.4. The van der Waals surface area contributed by atoms with Gasteiger partial charge in [-0.25, -0.2) is 4.79 Å². The Morgan fingerprint density at radius 3 is 2.56 bits per heavy atom. The van der Waals surface area contributed by atoms with Crippen molar-refractivity contribution in [1.82, 2.24) is 10.2 Å². The van der Waals surface area contributed by atoms with Gasteiger partial charge in [-0.3, -0.25) is 4.90 Å². The van der Waals surface area contributed by atoms with E-state index in [1.54, 1.807) is 0 Å². The maximum absolute atomic E-state index is 11.4. The summed E-state index contributed by atoms with van der Waals surface area (Å²) >= 11 is 0. The summed E-state index contributed by atoms with van der Waals surface area (Å²) in [7, 11) is 1.92. The Morgan fingerprint density at radius 2 is 2.12 bits per heavy atom. The number of ether oxygens (including phenoxy) is 1. The lowest BCUT2D eigenvalue weighted by Gasteiger charge is -2.24. The molecule has 0 aliphatic heterocycles. The van der Waals surface area contributed by atoms with Gasteiger partial charge in [0.05, 0.1) is 6.54 Å². The third-order valence-electron chi connectivity index (χ3n) is 2.03. The van der Waals surface area contributed by atoms with Gasteiger partial charge in [-0.2, -0.15) is 0 Å². The molecule has 0 radical (unpaired) electrons. The van der Waals surface area contributed by atoms with E-state index in [4.69, 9.17) is 11.2 Å². The lowest BCUT2D eigenvalue weighted by molar-refractivity contribution is 0.0515. The average molecular weight is 226 g/mol. The summed E-state index contributed by atoms with van der Waals surface area (Å²) in [5.74, 6) is 2.56. The number of hydrogen-bond acceptors (Lipinski definition) is 3. The molecule has 0 fully saturated rings. The number of nitrogens with zero attached hydrogens (tertiary/aromatic N) is 1. The van der Waals surface area contributed by atoms with Gasteiger partial charge < -0.3 is 10.1 Å². The summed E-state index contributed by atoms with van der Waals surface area (Å²) in [5.41, 5.74) is -0.460. The Kier molecular flexibility index (Phi) is 5.91. The molecule has 0 rings (SSSR count). The van der Waals surface area contributed by atoms with Gasteiger partial charge in [0.15, 0.2) is 0 Å². The van der Waals surface area contributed by atoms with E-state index in [0.29, 0.717) is 13.1 Å². The Morgan fingerprint density at radius 1 is 1.56 bits per heavy atom. The summed E-state index contributed by atoms with van der Waals surface area (Å²) in [4.78, 5) is 13.3. The van der Waals surface area contributed by atoms with E-state index in [0.717, 1.165) is 0 Å². The number of nitrogens with one attached hydrogen (secondary N) is 1. The second-order valence-corrected chi connectivity index (χ2v) is 4.85. The van der Waals surface area contributed by atoms with Crippen LogP contribution in [0.1, 0.15) is 27.7 Å². The zero-order chi connectivity index (χ0) is 12.8. The van der Waals surface area contributed by atoms with Crippen LogP contribution in [0.4, 0.5) is 4.79 Å². The number of carbonyl (C=O) groups is 1. The Hall–Kier alpha value is -1.21. The molecule has 0 spiro atoms. The van der Waals surface area contributed by atoms with Gasteiger partial charge in [-0.1, -0.05) is 5.92 Å². The summed E-state index contributed by atoms with van der Waals surface area (Å²) in [5, 5.41) is 2.71. The number of carbonyl (C=O) groups excluding carboxylic acids is 1. The second-order valence-electron chi connectivity index (χ2n) is 4.85. The molecule has 0 saturated carbocycles. The largest absolute Gasteiger partial charge is 0.444 e. The van der Waals surface area contributed by atoms with Crippen LogP contribution in [0.15, 0.2) is 0 Å². The first kappa shape index (κ1) is 14.8. The van der Waals surface area contributed by atoms with Crippen LogP contribution < -0.4 is 5.32 Å². The molecule has 16 heavy (non-hydrogen) atoms. The molecule has 0 aromatic heterocycles. The maximum Gasteiger partial charge on any atom is 0.407 e. The number of terminal acetylenes is 1. The van der Waals surface area contributed by atoms with E-state index in [1.165, 1.54) is 0 Å². The number of hydrogen-bond donors (Lipinski definition) is 1. The van der Waals surface area contributed by atoms with E-state index < -0.39 is 11.7 Å². The molecule has 1 atom stereocenters. The highest BCUT2D eigenvalue weighted by Crippen LogP contribution is 2.06. The predicted molar refractivity (Wildman–Crippen MR) is 65.2 cm³/mol. The third-order valence-corrected chi connectivity index (χ3v) is 2.03. The smallest absolute Gasteiger partial charge is 0.407 e.